The number of ether oxygens (including phenoxy) is 1. The van der Waals surface area contributed by atoms with Gasteiger partial charge in [-0.25, -0.2) is 0 Å². The monoisotopic (exact) mass is 273 g/mol. The van der Waals surface area contributed by atoms with Crippen LogP contribution in [-0.4, -0.2) is 30.5 Å². The number of hydrogen-bond acceptors (Lipinski definition) is 3. The molecule has 1 aromatic carbocycles. The molecule has 1 fully saturated rings. The molecule has 4 heteroatoms. The highest BCUT2D eigenvalue weighted by Crippen LogP contribution is 2.29. The lowest BCUT2D eigenvalue weighted by Gasteiger charge is -2.26. The van der Waals surface area contributed by atoms with Gasteiger partial charge in [-0.15, -0.1) is 0 Å². The Morgan fingerprint density at radius 1 is 1.30 bits per heavy atom. The fourth-order valence-corrected chi connectivity index (χ4v) is 2.72. The first-order valence-corrected chi connectivity index (χ1v) is 7.23. The second-order valence-corrected chi connectivity index (χ2v) is 5.09. The summed E-state index contributed by atoms with van der Waals surface area (Å²) < 4.78 is 11.1. The Balaban J connectivity index is 1.95. The van der Waals surface area contributed by atoms with E-state index in [2.05, 4.69) is 0 Å². The number of fused-ring (bicyclic) bond motifs is 1. The third-order valence-corrected chi connectivity index (χ3v) is 3.72. The molecule has 0 N–H and O–H groups in total. The van der Waals surface area contributed by atoms with Crippen molar-refractivity contribution in [3.8, 4) is 5.75 Å². The van der Waals surface area contributed by atoms with Crippen molar-refractivity contribution in [2.45, 2.75) is 26.2 Å². The third-order valence-electron chi connectivity index (χ3n) is 3.72. The van der Waals surface area contributed by atoms with Crippen molar-refractivity contribution in [2.75, 3.05) is 19.7 Å². The van der Waals surface area contributed by atoms with Crippen LogP contribution in [0.1, 0.15) is 36.5 Å². The molecule has 1 aliphatic heterocycles. The van der Waals surface area contributed by atoms with Crippen molar-refractivity contribution in [1.82, 2.24) is 4.90 Å². The van der Waals surface area contributed by atoms with Crippen LogP contribution in [0, 0.1) is 0 Å². The zero-order valence-corrected chi connectivity index (χ0v) is 11.7. The van der Waals surface area contributed by atoms with E-state index in [-0.39, 0.29) is 5.91 Å². The molecular formula is C16H19NO3. The lowest BCUT2D eigenvalue weighted by atomic mass is 10.1. The molecule has 2 heterocycles. The second kappa shape index (κ2) is 5.57. The summed E-state index contributed by atoms with van der Waals surface area (Å²) in [5.74, 6) is 0.795. The molecule has 1 saturated heterocycles. The lowest BCUT2D eigenvalue weighted by molar-refractivity contribution is 0.0724. The number of likely N-dealkylation sites (tertiary alicyclic amines) is 1. The Morgan fingerprint density at radius 2 is 2.10 bits per heavy atom. The lowest BCUT2D eigenvalue weighted by Crippen LogP contribution is -2.35. The van der Waals surface area contributed by atoms with Crippen LogP contribution in [0.4, 0.5) is 0 Å². The van der Waals surface area contributed by atoms with Gasteiger partial charge in [-0.3, -0.25) is 4.79 Å². The van der Waals surface area contributed by atoms with Crippen molar-refractivity contribution in [1.29, 1.82) is 0 Å². The Bertz CT molecular complexity index is 611. The molecule has 106 valence electrons. The number of nitrogens with zero attached hydrogens (tertiary/aromatic N) is 1. The molecule has 0 saturated carbocycles. The summed E-state index contributed by atoms with van der Waals surface area (Å²) in [7, 11) is 0. The van der Waals surface area contributed by atoms with Gasteiger partial charge in [-0.2, -0.15) is 0 Å². The summed E-state index contributed by atoms with van der Waals surface area (Å²) in [6.07, 6.45) is 5.02. The minimum Gasteiger partial charge on any atom is -0.493 e. The van der Waals surface area contributed by atoms with Crippen LogP contribution in [-0.2, 0) is 0 Å². The number of piperidine rings is 1. The zero-order chi connectivity index (χ0) is 13.9. The fourth-order valence-electron chi connectivity index (χ4n) is 2.72. The van der Waals surface area contributed by atoms with Gasteiger partial charge in [-0.1, -0.05) is 0 Å². The Hall–Kier alpha value is -1.97. The first-order chi connectivity index (χ1) is 9.79. The van der Waals surface area contributed by atoms with Crippen molar-refractivity contribution in [3.63, 3.8) is 0 Å². The van der Waals surface area contributed by atoms with E-state index in [4.69, 9.17) is 9.15 Å². The maximum atomic E-state index is 12.6. The van der Waals surface area contributed by atoms with Gasteiger partial charge in [0.25, 0.3) is 5.91 Å². The molecule has 2 aromatic rings. The molecule has 20 heavy (non-hydrogen) atoms. The van der Waals surface area contributed by atoms with Gasteiger partial charge in [-0.05, 0) is 44.4 Å². The van der Waals surface area contributed by atoms with Crippen LogP contribution in [0.25, 0.3) is 11.0 Å². The minimum atomic E-state index is 0.0731. The normalized spacial score (nSPS) is 15.6. The summed E-state index contributed by atoms with van der Waals surface area (Å²) in [4.78, 5) is 14.5. The van der Waals surface area contributed by atoms with Crippen LogP contribution in [0.3, 0.4) is 0 Å². The van der Waals surface area contributed by atoms with E-state index in [1.807, 2.05) is 30.0 Å². The van der Waals surface area contributed by atoms with Gasteiger partial charge >= 0.3 is 0 Å². The van der Waals surface area contributed by atoms with Gasteiger partial charge in [0.2, 0.25) is 0 Å². The summed E-state index contributed by atoms with van der Waals surface area (Å²) in [6.45, 7) is 4.20. The summed E-state index contributed by atoms with van der Waals surface area (Å²) >= 11 is 0. The van der Waals surface area contributed by atoms with Crippen LogP contribution < -0.4 is 4.74 Å². The van der Waals surface area contributed by atoms with Gasteiger partial charge in [0.1, 0.15) is 11.3 Å². The zero-order valence-electron chi connectivity index (χ0n) is 11.7. The number of amides is 1. The van der Waals surface area contributed by atoms with Gasteiger partial charge in [0.05, 0.1) is 18.3 Å². The maximum absolute atomic E-state index is 12.6. The van der Waals surface area contributed by atoms with Crippen LogP contribution >= 0.6 is 0 Å². The SMILES string of the molecule is CCOc1cc(C(=O)N2CCCCC2)cc2occc12. The number of benzene rings is 1. The topological polar surface area (TPSA) is 42.7 Å². The van der Waals surface area contributed by atoms with Gasteiger partial charge < -0.3 is 14.1 Å². The predicted molar refractivity (Wildman–Crippen MR) is 77.1 cm³/mol. The third kappa shape index (κ3) is 2.38. The molecule has 1 amide bonds. The van der Waals surface area contributed by atoms with Gasteiger partial charge in [0, 0.05) is 18.7 Å². The van der Waals surface area contributed by atoms with Crippen LogP contribution in [0.5, 0.6) is 5.75 Å². The molecule has 1 aliphatic rings. The maximum Gasteiger partial charge on any atom is 0.254 e. The predicted octanol–water partition coefficient (Wildman–Crippen LogP) is 3.46. The number of furan rings is 1. The van der Waals surface area contributed by atoms with E-state index in [0.29, 0.717) is 17.8 Å². The number of rotatable bonds is 3. The smallest absolute Gasteiger partial charge is 0.254 e. The van der Waals surface area contributed by atoms with Crippen LogP contribution in [0.15, 0.2) is 28.9 Å². The number of carbonyl (C=O) groups is 1. The van der Waals surface area contributed by atoms with Crippen LogP contribution in [0.2, 0.25) is 0 Å². The average molecular weight is 273 g/mol. The standard InChI is InChI=1S/C16H19NO3/c1-2-19-14-10-12(11-15-13(14)6-9-20-15)16(18)17-7-4-3-5-8-17/h6,9-11H,2-5,7-8H2,1H3. The molecule has 0 radical (unpaired) electrons. The van der Waals surface area contributed by atoms with Crippen molar-refractivity contribution in [3.05, 3.63) is 30.0 Å². The Morgan fingerprint density at radius 3 is 2.85 bits per heavy atom. The Labute approximate surface area is 118 Å². The molecule has 0 atom stereocenters. The fraction of sp³-hybridized carbons (Fsp3) is 0.438. The highest BCUT2D eigenvalue weighted by Gasteiger charge is 2.20. The van der Waals surface area contributed by atoms with E-state index in [9.17, 15) is 4.79 Å². The molecule has 0 unspecified atom stereocenters. The van der Waals surface area contributed by atoms with E-state index >= 15 is 0 Å². The molecule has 0 bridgehead atoms. The second-order valence-electron chi connectivity index (χ2n) is 5.09. The molecule has 1 aromatic heterocycles. The highest BCUT2D eigenvalue weighted by molar-refractivity contribution is 5.99. The minimum absolute atomic E-state index is 0.0731. The molecule has 4 nitrogen and oxygen atoms in total. The van der Waals surface area contributed by atoms with Crippen molar-refractivity contribution < 1.29 is 13.9 Å². The largest absolute Gasteiger partial charge is 0.493 e. The molecule has 0 aliphatic carbocycles. The van der Waals surface area contributed by atoms with E-state index in [0.717, 1.165) is 37.1 Å². The molecule has 0 spiro atoms. The summed E-state index contributed by atoms with van der Waals surface area (Å²) in [5.41, 5.74) is 1.36. The van der Waals surface area contributed by atoms with E-state index < -0.39 is 0 Å². The number of hydrogen-bond donors (Lipinski definition) is 0. The average Bonchev–Trinajstić information content (AvgIpc) is 2.96. The molecule has 3 rings (SSSR count). The van der Waals surface area contributed by atoms with Crippen molar-refractivity contribution in [2.24, 2.45) is 0 Å². The van der Waals surface area contributed by atoms with E-state index in [1.165, 1.54) is 6.42 Å². The first-order valence-electron chi connectivity index (χ1n) is 7.23. The quantitative estimate of drug-likeness (QED) is 0.860. The van der Waals surface area contributed by atoms with Gasteiger partial charge in [0.15, 0.2) is 0 Å². The van der Waals surface area contributed by atoms with Crippen molar-refractivity contribution >= 4 is 16.9 Å². The highest BCUT2D eigenvalue weighted by atomic mass is 16.5. The number of carbonyl (C=O) groups excluding carboxylic acids is 1. The molecular weight excluding hydrogens is 254 g/mol. The Kier molecular flexibility index (Phi) is 3.63. The first kappa shape index (κ1) is 13.0. The summed E-state index contributed by atoms with van der Waals surface area (Å²) in [5, 5.41) is 0.919. The summed E-state index contributed by atoms with van der Waals surface area (Å²) in [6, 6.07) is 5.52. The van der Waals surface area contributed by atoms with E-state index in [1.54, 1.807) is 6.26 Å².